The number of hydrogen-bond donors (Lipinski definition) is 2. The largest absolute Gasteiger partial charge is 0.481 e. The molecule has 4 aromatic rings. The van der Waals surface area contributed by atoms with Crippen LogP contribution in [0, 0.1) is 18.8 Å². The van der Waals surface area contributed by atoms with Crippen molar-refractivity contribution in [2.45, 2.75) is 72.0 Å². The number of benzene rings is 2. The van der Waals surface area contributed by atoms with Gasteiger partial charge in [0.25, 0.3) is 5.91 Å². The van der Waals surface area contributed by atoms with Gasteiger partial charge in [-0.25, -0.2) is 9.97 Å². The minimum atomic E-state index is -0.660. The fourth-order valence-electron chi connectivity index (χ4n) is 7.99. The summed E-state index contributed by atoms with van der Waals surface area (Å²) in [5.74, 6) is -0.102. The van der Waals surface area contributed by atoms with Crippen LogP contribution in [0.2, 0.25) is 5.02 Å². The molecule has 0 atom stereocenters. The third-order valence-corrected chi connectivity index (χ3v) is 13.0. The number of rotatable bonds is 11. The third-order valence-electron chi connectivity index (χ3n) is 11.4. The number of aromatic nitrogens is 3. The van der Waals surface area contributed by atoms with E-state index >= 15 is 0 Å². The quantitative estimate of drug-likeness (QED) is 0.170. The Labute approximate surface area is 320 Å². The Kier molecular flexibility index (Phi) is 11.0. The Morgan fingerprint density at radius 2 is 1.74 bits per heavy atom. The predicted octanol–water partition coefficient (Wildman–Crippen LogP) is 6.86. The zero-order valence-electron chi connectivity index (χ0n) is 31.0. The van der Waals surface area contributed by atoms with E-state index in [4.69, 9.17) is 21.6 Å². The third kappa shape index (κ3) is 7.78. The normalized spacial score (nSPS) is 18.6. The van der Waals surface area contributed by atoms with Crippen molar-refractivity contribution in [1.82, 2.24) is 29.2 Å². The number of anilines is 1. The van der Waals surface area contributed by atoms with Crippen molar-refractivity contribution >= 4 is 46.4 Å². The summed E-state index contributed by atoms with van der Waals surface area (Å²) in [4.78, 5) is 55.0. The van der Waals surface area contributed by atoms with E-state index in [0.29, 0.717) is 48.6 Å². The minimum Gasteiger partial charge on any atom is -0.481 e. The van der Waals surface area contributed by atoms with E-state index in [1.54, 1.807) is 11.3 Å². The van der Waals surface area contributed by atoms with E-state index in [1.807, 2.05) is 65.7 Å². The van der Waals surface area contributed by atoms with E-state index in [-0.39, 0.29) is 17.7 Å². The summed E-state index contributed by atoms with van der Waals surface area (Å²) in [7, 11) is 3.85. The summed E-state index contributed by atoms with van der Waals surface area (Å²) in [6.07, 6.45) is 5.39. The second-order valence-corrected chi connectivity index (χ2v) is 16.3. The molecule has 0 saturated heterocycles. The maximum absolute atomic E-state index is 13.7. The van der Waals surface area contributed by atoms with E-state index < -0.39 is 5.97 Å². The summed E-state index contributed by atoms with van der Waals surface area (Å²) >= 11 is 8.68. The SMILES string of the molecule is CCN(C)CC(=O)N1Cc2nc(-c3cccc(-c4cccc(NC(=O)c5nc6c(n5C)CCN(CCC5CCC(C(=O)O)CC5)C6)c4Cl)c3C)sc2C1. The number of carboxylic acids is 1. The van der Waals surface area contributed by atoms with Gasteiger partial charge in [0.2, 0.25) is 5.91 Å². The average Bonchev–Trinajstić information content (AvgIpc) is 3.84. The first kappa shape index (κ1) is 37.2. The Bertz CT molecular complexity index is 2010. The van der Waals surface area contributed by atoms with Crippen LogP contribution in [0.25, 0.3) is 21.7 Å². The van der Waals surface area contributed by atoms with Gasteiger partial charge >= 0.3 is 5.97 Å². The minimum absolute atomic E-state index is 0.121. The predicted molar refractivity (Wildman–Crippen MR) is 208 cm³/mol. The van der Waals surface area contributed by atoms with Crippen molar-refractivity contribution in [3.63, 3.8) is 0 Å². The van der Waals surface area contributed by atoms with Crippen molar-refractivity contribution in [1.29, 1.82) is 0 Å². The average molecular weight is 758 g/mol. The van der Waals surface area contributed by atoms with Crippen LogP contribution in [-0.4, -0.2) is 85.4 Å². The van der Waals surface area contributed by atoms with Crippen molar-refractivity contribution in [2.24, 2.45) is 18.9 Å². The first-order chi connectivity index (χ1) is 25.5. The van der Waals surface area contributed by atoms with Crippen molar-refractivity contribution in [3.8, 4) is 21.7 Å². The molecule has 13 heteroatoms. The number of halogens is 1. The van der Waals surface area contributed by atoms with Gasteiger partial charge in [-0.3, -0.25) is 24.2 Å². The van der Waals surface area contributed by atoms with E-state index in [0.717, 1.165) is 107 Å². The monoisotopic (exact) mass is 757 g/mol. The standard InChI is InChI=1S/C40H48ClN7O4S/c1-5-45(3)23-35(49)48-21-32-34(22-48)53-39(44-32)28-9-6-8-27(24(28)2)29-10-7-11-30(36(29)41)43-38(50)37-42-31-20-47(19-17-33(31)46(37)4)18-16-25-12-14-26(15-13-25)40(51)52/h6-11,25-26H,5,12-23H2,1-4H3,(H,43,50)(H,51,52). The Hall–Kier alpha value is -4.10. The van der Waals surface area contributed by atoms with Crippen LogP contribution in [0.4, 0.5) is 5.69 Å². The molecule has 1 fully saturated rings. The van der Waals surface area contributed by atoms with Crippen LogP contribution < -0.4 is 5.32 Å². The van der Waals surface area contributed by atoms with E-state index in [9.17, 15) is 19.5 Å². The maximum Gasteiger partial charge on any atom is 0.306 e. The van der Waals surface area contributed by atoms with Crippen molar-refractivity contribution < 1.29 is 19.5 Å². The first-order valence-electron chi connectivity index (χ1n) is 18.6. The molecule has 1 aliphatic carbocycles. The fraction of sp³-hybridized carbons (Fsp3) is 0.475. The molecule has 53 heavy (non-hydrogen) atoms. The van der Waals surface area contributed by atoms with Crippen molar-refractivity contribution in [3.05, 3.63) is 74.8 Å². The number of aliphatic carboxylic acids is 1. The molecule has 2 N–H and O–H groups in total. The Balaban J connectivity index is 1.01. The molecule has 280 valence electrons. The number of thiazole rings is 1. The smallest absolute Gasteiger partial charge is 0.306 e. The summed E-state index contributed by atoms with van der Waals surface area (Å²) < 4.78 is 1.91. The van der Waals surface area contributed by atoms with Crippen LogP contribution in [-0.2, 0) is 42.7 Å². The lowest BCUT2D eigenvalue weighted by Crippen LogP contribution is -2.35. The van der Waals surface area contributed by atoms with Gasteiger partial charge in [-0.15, -0.1) is 11.3 Å². The number of amides is 2. The number of hydrogen-bond acceptors (Lipinski definition) is 8. The number of likely N-dealkylation sites (N-methyl/N-ethyl adjacent to an activating group) is 1. The highest BCUT2D eigenvalue weighted by Gasteiger charge is 2.30. The number of carbonyl (C=O) groups is 3. The van der Waals surface area contributed by atoms with Gasteiger partial charge in [-0.05, 0) is 82.3 Å². The summed E-state index contributed by atoms with van der Waals surface area (Å²) in [5, 5.41) is 13.7. The molecule has 0 unspecified atom stereocenters. The number of carbonyl (C=O) groups excluding carboxylic acids is 2. The molecule has 0 spiro atoms. The molecule has 0 bridgehead atoms. The Morgan fingerprint density at radius 1 is 1.00 bits per heavy atom. The number of imidazole rings is 1. The highest BCUT2D eigenvalue weighted by atomic mass is 35.5. The van der Waals surface area contributed by atoms with Gasteiger partial charge in [-0.1, -0.05) is 48.9 Å². The lowest BCUT2D eigenvalue weighted by molar-refractivity contribution is -0.143. The van der Waals surface area contributed by atoms with Gasteiger partial charge in [-0.2, -0.15) is 0 Å². The van der Waals surface area contributed by atoms with Gasteiger partial charge in [0.15, 0.2) is 5.82 Å². The van der Waals surface area contributed by atoms with Gasteiger partial charge in [0.05, 0.1) is 47.7 Å². The highest BCUT2D eigenvalue weighted by molar-refractivity contribution is 7.15. The molecule has 1 saturated carbocycles. The lowest BCUT2D eigenvalue weighted by Gasteiger charge is -2.30. The zero-order valence-corrected chi connectivity index (χ0v) is 32.5. The molecule has 7 rings (SSSR count). The fourth-order valence-corrected chi connectivity index (χ4v) is 9.43. The van der Waals surface area contributed by atoms with Crippen LogP contribution in [0.5, 0.6) is 0 Å². The first-order valence-corrected chi connectivity index (χ1v) is 19.8. The molecular formula is C40H48ClN7O4S. The summed E-state index contributed by atoms with van der Waals surface area (Å²) in [6, 6.07) is 11.8. The molecule has 2 amide bonds. The van der Waals surface area contributed by atoms with Crippen LogP contribution in [0.3, 0.4) is 0 Å². The van der Waals surface area contributed by atoms with Crippen LogP contribution >= 0.6 is 22.9 Å². The van der Waals surface area contributed by atoms with Crippen LogP contribution in [0.1, 0.15) is 77.2 Å². The lowest BCUT2D eigenvalue weighted by atomic mass is 9.80. The number of carboxylic acid groups (broad SMARTS) is 1. The van der Waals surface area contributed by atoms with E-state index in [1.165, 1.54) is 0 Å². The zero-order chi connectivity index (χ0) is 37.4. The number of fused-ring (bicyclic) bond motifs is 2. The topological polar surface area (TPSA) is 124 Å². The molecule has 0 radical (unpaired) electrons. The Morgan fingerprint density at radius 3 is 2.47 bits per heavy atom. The second kappa shape index (κ2) is 15.7. The molecule has 3 aliphatic rings. The molecule has 11 nitrogen and oxygen atoms in total. The number of nitrogens with one attached hydrogen (secondary N) is 1. The molecule has 2 aromatic heterocycles. The molecule has 4 heterocycles. The van der Waals surface area contributed by atoms with Gasteiger partial charge < -0.3 is 19.9 Å². The molecule has 2 aromatic carbocycles. The van der Waals surface area contributed by atoms with Gasteiger partial charge in [0, 0.05) is 48.3 Å². The summed E-state index contributed by atoms with van der Waals surface area (Å²) in [6.45, 7) is 9.02. The number of nitrogens with zero attached hydrogens (tertiary/aromatic N) is 6. The van der Waals surface area contributed by atoms with Crippen LogP contribution in [0.15, 0.2) is 36.4 Å². The summed E-state index contributed by atoms with van der Waals surface area (Å²) in [5.41, 5.74) is 7.33. The highest BCUT2D eigenvalue weighted by Crippen LogP contribution is 2.41. The second-order valence-electron chi connectivity index (χ2n) is 14.8. The molecular weight excluding hydrogens is 710 g/mol. The molecule has 2 aliphatic heterocycles. The van der Waals surface area contributed by atoms with E-state index in [2.05, 4.69) is 23.2 Å². The van der Waals surface area contributed by atoms with Gasteiger partial charge in [0.1, 0.15) is 5.01 Å². The maximum atomic E-state index is 13.7. The van der Waals surface area contributed by atoms with Crippen molar-refractivity contribution in [2.75, 3.05) is 38.5 Å².